The number of thiol groups is 1. The van der Waals surface area contributed by atoms with Gasteiger partial charge in [-0.3, -0.25) is 0 Å². The van der Waals surface area contributed by atoms with Gasteiger partial charge in [0.05, 0.1) is 0 Å². The van der Waals surface area contributed by atoms with E-state index >= 15 is 0 Å². The summed E-state index contributed by atoms with van der Waals surface area (Å²) >= 11 is 4.24. The fourth-order valence-electron chi connectivity index (χ4n) is 0.558. The maximum absolute atomic E-state index is 5.34. The van der Waals surface area contributed by atoms with Gasteiger partial charge in [-0.2, -0.15) is 12.6 Å². The Morgan fingerprint density at radius 1 is 1.62 bits per heavy atom. The molecule has 2 heteroatoms. The molecule has 0 rings (SSSR count). The van der Waals surface area contributed by atoms with E-state index in [1.54, 1.807) is 0 Å². The maximum atomic E-state index is 5.34. The minimum Gasteiger partial charge on any atom is -0.329 e. The molecule has 0 amide bonds. The van der Waals surface area contributed by atoms with E-state index in [9.17, 15) is 0 Å². The number of hydrogen-bond donors (Lipinski definition) is 2. The highest BCUT2D eigenvalue weighted by molar-refractivity contribution is 7.81. The van der Waals surface area contributed by atoms with Gasteiger partial charge in [0.1, 0.15) is 0 Å². The largest absolute Gasteiger partial charge is 0.329 e. The summed E-state index contributed by atoms with van der Waals surface area (Å²) in [5, 5.41) is 0.426. The fourth-order valence-corrected chi connectivity index (χ4v) is 0.740. The van der Waals surface area contributed by atoms with Crippen LogP contribution >= 0.6 is 12.6 Å². The second kappa shape index (κ2) is 5.45. The fraction of sp³-hybridized carbons (Fsp3) is 1.00. The first-order valence-electron chi connectivity index (χ1n) is 3.19. The van der Waals surface area contributed by atoms with Gasteiger partial charge in [-0.05, 0) is 6.42 Å². The summed E-state index contributed by atoms with van der Waals surface area (Å²) < 4.78 is 0. The van der Waals surface area contributed by atoms with E-state index in [4.69, 9.17) is 5.73 Å². The van der Waals surface area contributed by atoms with Crippen molar-refractivity contribution in [1.29, 1.82) is 0 Å². The van der Waals surface area contributed by atoms with Crippen LogP contribution in [0.4, 0.5) is 0 Å². The second-order valence-electron chi connectivity index (χ2n) is 2.03. The van der Waals surface area contributed by atoms with Crippen LogP contribution in [0.1, 0.15) is 26.2 Å². The Balaban J connectivity index is 2.86. The van der Waals surface area contributed by atoms with Gasteiger partial charge in [0.15, 0.2) is 0 Å². The number of unbranched alkanes of at least 4 members (excludes halogenated alkanes) is 1. The van der Waals surface area contributed by atoms with Crippen LogP contribution in [0, 0.1) is 0 Å². The predicted octanol–water partition coefficient (Wildman–Crippen LogP) is 1.43. The zero-order valence-electron chi connectivity index (χ0n) is 5.43. The van der Waals surface area contributed by atoms with Crippen molar-refractivity contribution >= 4 is 12.6 Å². The van der Waals surface area contributed by atoms with Gasteiger partial charge in [0, 0.05) is 11.8 Å². The van der Waals surface area contributed by atoms with Crippen molar-refractivity contribution < 1.29 is 0 Å². The Labute approximate surface area is 57.1 Å². The van der Waals surface area contributed by atoms with Gasteiger partial charge in [-0.25, -0.2) is 0 Å². The molecular formula is C6H15NS. The molecule has 0 fully saturated rings. The van der Waals surface area contributed by atoms with Crippen molar-refractivity contribution in [3.8, 4) is 0 Å². The van der Waals surface area contributed by atoms with Crippen molar-refractivity contribution in [2.45, 2.75) is 31.4 Å². The summed E-state index contributed by atoms with van der Waals surface area (Å²) in [5.74, 6) is 0. The number of nitrogens with two attached hydrogens (primary N) is 1. The average Bonchev–Trinajstić information content (AvgIpc) is 1.83. The molecular weight excluding hydrogens is 118 g/mol. The first-order chi connectivity index (χ1) is 3.81. The lowest BCUT2D eigenvalue weighted by Gasteiger charge is -2.03. The summed E-state index contributed by atoms with van der Waals surface area (Å²) in [6, 6.07) is 0. The molecule has 0 aliphatic carbocycles. The van der Waals surface area contributed by atoms with Crippen LogP contribution < -0.4 is 5.73 Å². The van der Waals surface area contributed by atoms with E-state index in [-0.39, 0.29) is 0 Å². The van der Waals surface area contributed by atoms with E-state index in [1.807, 2.05) is 0 Å². The summed E-state index contributed by atoms with van der Waals surface area (Å²) in [4.78, 5) is 0. The minimum absolute atomic E-state index is 0.426. The Bertz CT molecular complexity index is 47.8. The molecule has 0 saturated carbocycles. The predicted molar refractivity (Wildman–Crippen MR) is 41.4 cm³/mol. The molecule has 8 heavy (non-hydrogen) atoms. The molecule has 0 heterocycles. The summed E-state index contributed by atoms with van der Waals surface area (Å²) in [5.41, 5.74) is 5.34. The minimum atomic E-state index is 0.426. The SMILES string of the molecule is CCCCC(S)CN. The van der Waals surface area contributed by atoms with Gasteiger partial charge in [0.25, 0.3) is 0 Å². The normalized spacial score (nSPS) is 13.9. The topological polar surface area (TPSA) is 26.0 Å². The molecule has 0 aromatic rings. The molecule has 0 aromatic heterocycles. The molecule has 0 radical (unpaired) electrons. The molecule has 0 aliphatic rings. The first kappa shape index (κ1) is 8.31. The summed E-state index contributed by atoms with van der Waals surface area (Å²) in [7, 11) is 0. The summed E-state index contributed by atoms with van der Waals surface area (Å²) in [6.07, 6.45) is 3.67. The van der Waals surface area contributed by atoms with Gasteiger partial charge >= 0.3 is 0 Å². The lowest BCUT2D eigenvalue weighted by atomic mass is 10.2. The van der Waals surface area contributed by atoms with Crippen LogP contribution in [0.3, 0.4) is 0 Å². The molecule has 2 N–H and O–H groups in total. The zero-order valence-corrected chi connectivity index (χ0v) is 6.32. The highest BCUT2D eigenvalue weighted by Crippen LogP contribution is 2.03. The van der Waals surface area contributed by atoms with Gasteiger partial charge in [0.2, 0.25) is 0 Å². The quantitative estimate of drug-likeness (QED) is 0.557. The van der Waals surface area contributed by atoms with Crippen LogP contribution in [-0.2, 0) is 0 Å². The van der Waals surface area contributed by atoms with Crippen LogP contribution in [0.2, 0.25) is 0 Å². The number of rotatable bonds is 4. The van der Waals surface area contributed by atoms with E-state index in [2.05, 4.69) is 19.6 Å². The average molecular weight is 133 g/mol. The molecule has 0 saturated heterocycles. The van der Waals surface area contributed by atoms with E-state index in [0.717, 1.165) is 6.42 Å². The van der Waals surface area contributed by atoms with Crippen LogP contribution in [0.15, 0.2) is 0 Å². The number of hydrogen-bond acceptors (Lipinski definition) is 2. The third-order valence-electron chi connectivity index (χ3n) is 1.16. The maximum Gasteiger partial charge on any atom is 0.0140 e. The highest BCUT2D eigenvalue weighted by Gasteiger charge is 1.95. The van der Waals surface area contributed by atoms with Crippen molar-refractivity contribution in [1.82, 2.24) is 0 Å². The van der Waals surface area contributed by atoms with E-state index in [0.29, 0.717) is 11.8 Å². The van der Waals surface area contributed by atoms with Crippen LogP contribution in [0.25, 0.3) is 0 Å². The summed E-state index contributed by atoms with van der Waals surface area (Å²) in [6.45, 7) is 2.89. The molecule has 1 unspecified atom stereocenters. The Hall–Kier alpha value is 0.310. The Morgan fingerprint density at radius 3 is 2.62 bits per heavy atom. The lowest BCUT2D eigenvalue weighted by molar-refractivity contribution is 0.690. The second-order valence-corrected chi connectivity index (χ2v) is 2.76. The standard InChI is InChI=1S/C6H15NS/c1-2-3-4-6(8)5-7/h6,8H,2-5,7H2,1H3. The monoisotopic (exact) mass is 133 g/mol. The first-order valence-corrected chi connectivity index (χ1v) is 3.71. The molecule has 50 valence electrons. The van der Waals surface area contributed by atoms with E-state index in [1.165, 1.54) is 12.8 Å². The van der Waals surface area contributed by atoms with Crippen LogP contribution in [0.5, 0.6) is 0 Å². The molecule has 0 aliphatic heterocycles. The van der Waals surface area contributed by atoms with Gasteiger partial charge in [-0.1, -0.05) is 19.8 Å². The molecule has 0 aromatic carbocycles. The van der Waals surface area contributed by atoms with Gasteiger partial charge in [-0.15, -0.1) is 0 Å². The zero-order chi connectivity index (χ0) is 6.41. The highest BCUT2D eigenvalue weighted by atomic mass is 32.1. The Kier molecular flexibility index (Phi) is 5.66. The van der Waals surface area contributed by atoms with E-state index < -0.39 is 0 Å². The Morgan fingerprint density at radius 2 is 2.25 bits per heavy atom. The van der Waals surface area contributed by atoms with Crippen molar-refractivity contribution in [3.05, 3.63) is 0 Å². The third-order valence-corrected chi connectivity index (χ3v) is 1.63. The van der Waals surface area contributed by atoms with Crippen molar-refractivity contribution in [3.63, 3.8) is 0 Å². The van der Waals surface area contributed by atoms with Crippen LogP contribution in [-0.4, -0.2) is 11.8 Å². The molecule has 1 nitrogen and oxygen atoms in total. The smallest absolute Gasteiger partial charge is 0.0140 e. The molecule has 0 spiro atoms. The third kappa shape index (κ3) is 4.47. The van der Waals surface area contributed by atoms with Crippen molar-refractivity contribution in [2.24, 2.45) is 5.73 Å². The van der Waals surface area contributed by atoms with Crippen molar-refractivity contribution in [2.75, 3.05) is 6.54 Å². The van der Waals surface area contributed by atoms with Gasteiger partial charge < -0.3 is 5.73 Å². The molecule has 1 atom stereocenters. The lowest BCUT2D eigenvalue weighted by Crippen LogP contribution is -2.13. The molecule has 0 bridgehead atoms.